The summed E-state index contributed by atoms with van der Waals surface area (Å²) >= 11 is 0. The number of benzene rings is 2. The second-order valence-electron chi connectivity index (χ2n) is 9.53. The van der Waals surface area contributed by atoms with Crippen molar-refractivity contribution in [1.82, 2.24) is 10.1 Å². The average molecular weight is 479 g/mol. The summed E-state index contributed by atoms with van der Waals surface area (Å²) in [6.45, 7) is 3.52. The third kappa shape index (κ3) is 5.63. The number of carbonyl (C=O) groups is 1. The standard InChI is InChI=1S/C28H34N2O5/c1-19-15-21(16-20(2)26(19)34-18-23(32)17-31)27-29-25(35-30-27)12-8-14-28(13-7-6-11-24(28)33)22-9-4-3-5-10-22/h3-5,9-10,15-16,23,31-32H,6-8,11-14,17-18H2,1-2H3/t23-,28?/m1/s1. The number of nitrogens with zero attached hydrogens (tertiary/aromatic N) is 2. The molecule has 1 fully saturated rings. The van der Waals surface area contributed by atoms with E-state index in [2.05, 4.69) is 22.3 Å². The third-order valence-corrected chi connectivity index (χ3v) is 6.93. The predicted molar refractivity (Wildman–Crippen MR) is 132 cm³/mol. The van der Waals surface area contributed by atoms with E-state index < -0.39 is 11.5 Å². The summed E-state index contributed by atoms with van der Waals surface area (Å²) in [7, 11) is 0. The molecule has 7 nitrogen and oxygen atoms in total. The second-order valence-corrected chi connectivity index (χ2v) is 9.53. The van der Waals surface area contributed by atoms with Crippen LogP contribution in [0.25, 0.3) is 11.4 Å². The minimum Gasteiger partial charge on any atom is -0.490 e. The van der Waals surface area contributed by atoms with Crippen molar-refractivity contribution in [3.8, 4) is 17.1 Å². The molecule has 0 saturated heterocycles. The van der Waals surface area contributed by atoms with Crippen LogP contribution in [0.3, 0.4) is 0 Å². The first-order valence-corrected chi connectivity index (χ1v) is 12.4. The van der Waals surface area contributed by atoms with Crippen LogP contribution in [0.15, 0.2) is 47.0 Å². The van der Waals surface area contributed by atoms with Crippen molar-refractivity contribution in [1.29, 1.82) is 0 Å². The van der Waals surface area contributed by atoms with Gasteiger partial charge < -0.3 is 19.5 Å². The van der Waals surface area contributed by atoms with Gasteiger partial charge in [-0.15, -0.1) is 0 Å². The number of hydrogen-bond acceptors (Lipinski definition) is 7. The highest BCUT2D eigenvalue weighted by atomic mass is 16.5. The van der Waals surface area contributed by atoms with Crippen LogP contribution < -0.4 is 4.74 Å². The summed E-state index contributed by atoms with van der Waals surface area (Å²) < 4.78 is 11.2. The SMILES string of the molecule is Cc1cc(-c2noc(CCCC3(c4ccccc4)CCCCC3=O)n2)cc(C)c1OC[C@H](O)CO. The number of ketones is 1. The summed E-state index contributed by atoms with van der Waals surface area (Å²) in [5.74, 6) is 2.10. The lowest BCUT2D eigenvalue weighted by Crippen LogP contribution is -2.38. The average Bonchev–Trinajstić information content (AvgIpc) is 3.34. The van der Waals surface area contributed by atoms with Gasteiger partial charge >= 0.3 is 0 Å². The minimum absolute atomic E-state index is 0.0247. The third-order valence-electron chi connectivity index (χ3n) is 6.93. The summed E-state index contributed by atoms with van der Waals surface area (Å²) in [4.78, 5) is 17.7. The Labute approximate surface area is 206 Å². The lowest BCUT2D eigenvalue weighted by molar-refractivity contribution is -0.127. The van der Waals surface area contributed by atoms with E-state index in [0.717, 1.165) is 54.4 Å². The molecule has 1 aliphatic carbocycles. The van der Waals surface area contributed by atoms with Crippen LogP contribution in [0.2, 0.25) is 0 Å². The van der Waals surface area contributed by atoms with Gasteiger partial charge in [-0.2, -0.15) is 4.98 Å². The van der Waals surface area contributed by atoms with Crippen molar-refractivity contribution in [2.24, 2.45) is 0 Å². The van der Waals surface area contributed by atoms with Gasteiger partial charge in [0.05, 0.1) is 12.0 Å². The quantitative estimate of drug-likeness (QED) is 0.442. The number of Topliss-reactive ketones (excluding diaryl/α,β-unsaturated/α-hetero) is 1. The molecule has 1 heterocycles. The Morgan fingerprint density at radius 1 is 1.14 bits per heavy atom. The Morgan fingerprint density at radius 2 is 1.89 bits per heavy atom. The molecule has 3 aromatic rings. The fraction of sp³-hybridized carbons (Fsp3) is 0.464. The number of hydrogen-bond donors (Lipinski definition) is 2. The molecule has 1 aromatic heterocycles. The summed E-state index contributed by atoms with van der Waals surface area (Å²) in [6, 6.07) is 14.0. The molecule has 2 atom stereocenters. The molecule has 35 heavy (non-hydrogen) atoms. The van der Waals surface area contributed by atoms with E-state index in [-0.39, 0.29) is 13.2 Å². The topological polar surface area (TPSA) is 106 Å². The van der Waals surface area contributed by atoms with Crippen molar-refractivity contribution < 1.29 is 24.3 Å². The highest BCUT2D eigenvalue weighted by molar-refractivity contribution is 5.90. The number of rotatable bonds is 10. The second kappa shape index (κ2) is 11.1. The van der Waals surface area contributed by atoms with Crippen molar-refractivity contribution >= 4 is 5.78 Å². The summed E-state index contributed by atoms with van der Waals surface area (Å²) in [6.07, 6.45) is 4.86. The Morgan fingerprint density at radius 3 is 2.57 bits per heavy atom. The molecule has 1 unspecified atom stereocenters. The van der Waals surface area contributed by atoms with Gasteiger partial charge in [-0.05, 0) is 68.4 Å². The molecule has 1 saturated carbocycles. The van der Waals surface area contributed by atoms with Crippen molar-refractivity contribution in [2.45, 2.75) is 70.3 Å². The monoisotopic (exact) mass is 478 g/mol. The van der Waals surface area contributed by atoms with E-state index in [9.17, 15) is 9.90 Å². The van der Waals surface area contributed by atoms with Crippen LogP contribution in [-0.2, 0) is 16.6 Å². The zero-order valence-corrected chi connectivity index (χ0v) is 20.5. The maximum atomic E-state index is 13.1. The lowest BCUT2D eigenvalue weighted by atomic mass is 9.66. The first kappa shape index (κ1) is 25.1. The number of carbonyl (C=O) groups excluding carboxylic acids is 1. The van der Waals surface area contributed by atoms with E-state index in [4.69, 9.17) is 14.4 Å². The van der Waals surface area contributed by atoms with Crippen molar-refractivity contribution in [2.75, 3.05) is 13.2 Å². The van der Waals surface area contributed by atoms with Gasteiger partial charge in [0.25, 0.3) is 0 Å². The van der Waals surface area contributed by atoms with Crippen LogP contribution in [0.4, 0.5) is 0 Å². The van der Waals surface area contributed by atoms with Gasteiger partial charge in [-0.25, -0.2) is 0 Å². The van der Waals surface area contributed by atoms with Crippen molar-refractivity contribution in [3.05, 3.63) is 65.0 Å². The van der Waals surface area contributed by atoms with Crippen LogP contribution >= 0.6 is 0 Å². The number of aliphatic hydroxyl groups excluding tert-OH is 2. The molecule has 0 bridgehead atoms. The molecule has 186 valence electrons. The zero-order chi connectivity index (χ0) is 24.8. The summed E-state index contributed by atoms with van der Waals surface area (Å²) in [5, 5.41) is 22.7. The molecule has 7 heteroatoms. The molecule has 1 aliphatic rings. The van der Waals surface area contributed by atoms with Gasteiger partial charge in [0, 0.05) is 18.4 Å². The number of aromatic nitrogens is 2. The van der Waals surface area contributed by atoms with E-state index in [1.54, 1.807) is 0 Å². The van der Waals surface area contributed by atoms with Crippen LogP contribution in [0.5, 0.6) is 5.75 Å². The number of aryl methyl sites for hydroxylation is 3. The zero-order valence-electron chi connectivity index (χ0n) is 20.5. The van der Waals surface area contributed by atoms with Crippen LogP contribution in [0.1, 0.15) is 61.1 Å². The van der Waals surface area contributed by atoms with Crippen LogP contribution in [0, 0.1) is 13.8 Å². The van der Waals surface area contributed by atoms with Gasteiger partial charge in [-0.1, -0.05) is 41.9 Å². The first-order chi connectivity index (χ1) is 16.9. The van der Waals surface area contributed by atoms with Gasteiger partial charge in [0.1, 0.15) is 24.2 Å². The van der Waals surface area contributed by atoms with Crippen LogP contribution in [-0.4, -0.2) is 45.5 Å². The van der Waals surface area contributed by atoms with E-state index >= 15 is 0 Å². The Balaban J connectivity index is 1.43. The highest BCUT2D eigenvalue weighted by Gasteiger charge is 2.40. The van der Waals surface area contributed by atoms with Crippen molar-refractivity contribution in [3.63, 3.8) is 0 Å². The Kier molecular flexibility index (Phi) is 7.98. The van der Waals surface area contributed by atoms with E-state index in [1.165, 1.54) is 0 Å². The largest absolute Gasteiger partial charge is 0.490 e. The Bertz CT molecular complexity index is 1120. The number of aliphatic hydroxyl groups is 2. The molecule has 0 amide bonds. The molecule has 4 rings (SSSR count). The molecule has 0 radical (unpaired) electrons. The summed E-state index contributed by atoms with van der Waals surface area (Å²) in [5.41, 5.74) is 3.31. The predicted octanol–water partition coefficient (Wildman–Crippen LogP) is 4.49. The first-order valence-electron chi connectivity index (χ1n) is 12.4. The maximum absolute atomic E-state index is 13.1. The maximum Gasteiger partial charge on any atom is 0.226 e. The van der Waals surface area contributed by atoms with E-state index in [0.29, 0.717) is 36.1 Å². The molecule has 0 spiro atoms. The molecule has 2 aromatic carbocycles. The molecule has 2 N–H and O–H groups in total. The van der Waals surface area contributed by atoms with Gasteiger partial charge in [-0.3, -0.25) is 4.79 Å². The molecule has 0 aliphatic heterocycles. The normalized spacial score (nSPS) is 19.0. The molecular formula is C28H34N2O5. The fourth-order valence-corrected chi connectivity index (χ4v) is 5.12. The van der Waals surface area contributed by atoms with E-state index in [1.807, 2.05) is 44.2 Å². The molecular weight excluding hydrogens is 444 g/mol. The fourth-order valence-electron chi connectivity index (χ4n) is 5.12. The van der Waals surface area contributed by atoms with Gasteiger partial charge in [0.15, 0.2) is 0 Å². The minimum atomic E-state index is -0.918. The smallest absolute Gasteiger partial charge is 0.226 e. The lowest BCUT2D eigenvalue weighted by Gasteiger charge is -2.36. The highest BCUT2D eigenvalue weighted by Crippen LogP contribution is 2.41. The Hall–Kier alpha value is -3.03. The van der Waals surface area contributed by atoms with Gasteiger partial charge in [0.2, 0.25) is 11.7 Å². The number of ether oxygens (including phenoxy) is 1.